The van der Waals surface area contributed by atoms with Crippen molar-refractivity contribution in [3.63, 3.8) is 0 Å². The average molecular weight is 367 g/mol. The lowest BCUT2D eigenvalue weighted by molar-refractivity contribution is -0.139. The first-order chi connectivity index (χ1) is 12.5. The van der Waals surface area contributed by atoms with Crippen LogP contribution >= 0.6 is 0 Å². The lowest BCUT2D eigenvalue weighted by Gasteiger charge is -2.13. The van der Waals surface area contributed by atoms with E-state index in [1.165, 1.54) is 83.5 Å². The Morgan fingerprint density at radius 2 is 1.19 bits per heavy atom. The third kappa shape index (κ3) is 16.7. The summed E-state index contributed by atoms with van der Waals surface area (Å²) in [5.41, 5.74) is 0.489. The van der Waals surface area contributed by atoms with E-state index in [9.17, 15) is 4.79 Å². The molecule has 0 aromatic rings. The second kappa shape index (κ2) is 17.6. The Morgan fingerprint density at radius 3 is 1.65 bits per heavy atom. The van der Waals surface area contributed by atoms with Crippen LogP contribution in [0, 0.1) is 11.8 Å². The Morgan fingerprint density at radius 1 is 0.769 bits per heavy atom. The molecule has 0 bridgehead atoms. The molecule has 0 amide bonds. The van der Waals surface area contributed by atoms with Gasteiger partial charge in [-0.3, -0.25) is 0 Å². The van der Waals surface area contributed by atoms with E-state index in [4.69, 9.17) is 4.74 Å². The standard InChI is InChI=1S/C24H46O2/c1-6-7-8-9-10-13-16-22(4)17-14-11-12-15-18-23(5)19-20-26-24(25)21(2)3/h22-23H,2,6-20H2,1,3-5H3. The van der Waals surface area contributed by atoms with E-state index in [0.29, 0.717) is 18.1 Å². The highest BCUT2D eigenvalue weighted by Gasteiger charge is 2.07. The zero-order valence-corrected chi connectivity index (χ0v) is 18.3. The lowest BCUT2D eigenvalue weighted by atomic mass is 9.95. The molecule has 0 saturated carbocycles. The maximum Gasteiger partial charge on any atom is 0.333 e. The number of hydrogen-bond acceptors (Lipinski definition) is 2. The van der Waals surface area contributed by atoms with Crippen molar-refractivity contribution >= 4 is 5.97 Å². The molecule has 0 fully saturated rings. The normalized spacial score (nSPS) is 13.4. The summed E-state index contributed by atoms with van der Waals surface area (Å²) in [6.45, 7) is 12.8. The van der Waals surface area contributed by atoms with Crippen molar-refractivity contribution in [2.45, 2.75) is 118 Å². The number of hydrogen-bond donors (Lipinski definition) is 0. The quantitative estimate of drug-likeness (QED) is 0.140. The van der Waals surface area contributed by atoms with Gasteiger partial charge in [-0.1, -0.05) is 111 Å². The topological polar surface area (TPSA) is 26.3 Å². The highest BCUT2D eigenvalue weighted by atomic mass is 16.5. The van der Waals surface area contributed by atoms with E-state index in [2.05, 4.69) is 27.4 Å². The second-order valence-electron chi connectivity index (χ2n) is 8.46. The van der Waals surface area contributed by atoms with Crippen LogP contribution in [0.15, 0.2) is 12.2 Å². The fourth-order valence-corrected chi connectivity index (χ4v) is 3.38. The summed E-state index contributed by atoms with van der Waals surface area (Å²) in [5.74, 6) is 1.29. The Kier molecular flexibility index (Phi) is 17.1. The molecular formula is C24H46O2. The van der Waals surface area contributed by atoms with Crippen molar-refractivity contribution in [3.8, 4) is 0 Å². The van der Waals surface area contributed by atoms with Crippen LogP contribution in [0.25, 0.3) is 0 Å². The Bertz CT molecular complexity index is 348. The van der Waals surface area contributed by atoms with Crippen LogP contribution in [0.3, 0.4) is 0 Å². The van der Waals surface area contributed by atoms with Crippen molar-refractivity contribution in [1.82, 2.24) is 0 Å². The first-order valence-electron chi connectivity index (χ1n) is 11.3. The minimum atomic E-state index is -0.257. The van der Waals surface area contributed by atoms with Gasteiger partial charge in [0, 0.05) is 5.57 Å². The van der Waals surface area contributed by atoms with E-state index in [1.54, 1.807) is 6.92 Å². The highest BCUT2D eigenvalue weighted by Crippen LogP contribution is 2.19. The molecule has 154 valence electrons. The van der Waals surface area contributed by atoms with Gasteiger partial charge in [-0.25, -0.2) is 4.79 Å². The van der Waals surface area contributed by atoms with Crippen molar-refractivity contribution < 1.29 is 9.53 Å². The van der Waals surface area contributed by atoms with Crippen molar-refractivity contribution in [2.75, 3.05) is 6.61 Å². The maximum absolute atomic E-state index is 11.3. The van der Waals surface area contributed by atoms with E-state index < -0.39 is 0 Å². The van der Waals surface area contributed by atoms with E-state index >= 15 is 0 Å². The molecule has 0 rings (SSSR count). The fourth-order valence-electron chi connectivity index (χ4n) is 3.38. The van der Waals surface area contributed by atoms with E-state index in [0.717, 1.165) is 12.3 Å². The van der Waals surface area contributed by atoms with Crippen molar-refractivity contribution in [2.24, 2.45) is 11.8 Å². The SMILES string of the molecule is C=C(C)C(=O)OCCC(C)CCCCCCC(C)CCCCCCCC. The molecule has 26 heavy (non-hydrogen) atoms. The van der Waals surface area contributed by atoms with Gasteiger partial charge in [0.2, 0.25) is 0 Å². The fraction of sp³-hybridized carbons (Fsp3) is 0.875. The summed E-state index contributed by atoms with van der Waals surface area (Å²) in [6.07, 6.45) is 18.9. The van der Waals surface area contributed by atoms with Crippen LogP contribution in [0.2, 0.25) is 0 Å². The van der Waals surface area contributed by atoms with Gasteiger partial charge in [0.25, 0.3) is 0 Å². The smallest absolute Gasteiger partial charge is 0.333 e. The monoisotopic (exact) mass is 366 g/mol. The number of ether oxygens (including phenoxy) is 1. The van der Waals surface area contributed by atoms with Crippen LogP contribution < -0.4 is 0 Å². The largest absolute Gasteiger partial charge is 0.462 e. The summed E-state index contributed by atoms with van der Waals surface area (Å²) >= 11 is 0. The van der Waals surface area contributed by atoms with Crippen molar-refractivity contribution in [1.29, 1.82) is 0 Å². The molecule has 2 unspecified atom stereocenters. The third-order valence-electron chi connectivity index (χ3n) is 5.39. The van der Waals surface area contributed by atoms with Crippen LogP contribution in [-0.4, -0.2) is 12.6 Å². The molecule has 0 spiro atoms. The van der Waals surface area contributed by atoms with Crippen LogP contribution in [0.4, 0.5) is 0 Å². The molecule has 0 aliphatic rings. The van der Waals surface area contributed by atoms with E-state index in [1.807, 2.05) is 0 Å². The van der Waals surface area contributed by atoms with Gasteiger partial charge in [0.05, 0.1) is 6.61 Å². The Hall–Kier alpha value is -0.790. The van der Waals surface area contributed by atoms with Gasteiger partial charge >= 0.3 is 5.97 Å². The molecule has 0 radical (unpaired) electrons. The molecule has 0 N–H and O–H groups in total. The van der Waals surface area contributed by atoms with E-state index in [-0.39, 0.29) is 5.97 Å². The van der Waals surface area contributed by atoms with Crippen LogP contribution in [0.5, 0.6) is 0 Å². The van der Waals surface area contributed by atoms with Crippen LogP contribution in [-0.2, 0) is 9.53 Å². The number of esters is 1. The van der Waals surface area contributed by atoms with Gasteiger partial charge < -0.3 is 4.74 Å². The Labute approximate surface area is 164 Å². The highest BCUT2D eigenvalue weighted by molar-refractivity contribution is 5.86. The minimum Gasteiger partial charge on any atom is -0.462 e. The second-order valence-corrected chi connectivity index (χ2v) is 8.46. The average Bonchev–Trinajstić information content (AvgIpc) is 2.60. The molecule has 0 aliphatic heterocycles. The molecule has 0 saturated heterocycles. The predicted octanol–water partition coefficient (Wildman–Crippen LogP) is 7.86. The van der Waals surface area contributed by atoms with Crippen molar-refractivity contribution in [3.05, 3.63) is 12.2 Å². The number of carbonyl (C=O) groups excluding carboxylic acids is 1. The number of carbonyl (C=O) groups is 1. The van der Waals surface area contributed by atoms with Gasteiger partial charge in [-0.15, -0.1) is 0 Å². The third-order valence-corrected chi connectivity index (χ3v) is 5.39. The minimum absolute atomic E-state index is 0.257. The maximum atomic E-state index is 11.3. The molecule has 2 nitrogen and oxygen atoms in total. The predicted molar refractivity (Wildman–Crippen MR) is 114 cm³/mol. The summed E-state index contributed by atoms with van der Waals surface area (Å²) < 4.78 is 5.17. The molecule has 0 aromatic heterocycles. The molecule has 2 atom stereocenters. The molecule has 0 aliphatic carbocycles. The molecule has 2 heteroatoms. The lowest BCUT2D eigenvalue weighted by Crippen LogP contribution is -2.09. The number of unbranched alkanes of at least 4 members (excludes halogenated alkanes) is 8. The molecular weight excluding hydrogens is 320 g/mol. The molecule has 0 aromatic carbocycles. The van der Waals surface area contributed by atoms with Crippen LogP contribution in [0.1, 0.15) is 118 Å². The van der Waals surface area contributed by atoms with Gasteiger partial charge in [0.15, 0.2) is 0 Å². The summed E-state index contributed by atoms with van der Waals surface area (Å²) in [6, 6.07) is 0. The van der Waals surface area contributed by atoms with Gasteiger partial charge in [0.1, 0.15) is 0 Å². The zero-order chi connectivity index (χ0) is 19.6. The molecule has 0 heterocycles. The first-order valence-corrected chi connectivity index (χ1v) is 11.3. The van der Waals surface area contributed by atoms with Gasteiger partial charge in [-0.2, -0.15) is 0 Å². The summed E-state index contributed by atoms with van der Waals surface area (Å²) in [4.78, 5) is 11.3. The summed E-state index contributed by atoms with van der Waals surface area (Å²) in [5, 5.41) is 0. The zero-order valence-electron chi connectivity index (χ0n) is 18.3. The van der Waals surface area contributed by atoms with Gasteiger partial charge in [-0.05, 0) is 25.2 Å². The Balaban J connectivity index is 3.38. The summed E-state index contributed by atoms with van der Waals surface area (Å²) in [7, 11) is 0. The number of rotatable bonds is 18. The first kappa shape index (κ1) is 25.2.